The molecule has 0 heterocycles. The van der Waals surface area contributed by atoms with Crippen LogP contribution in [0.1, 0.15) is 11.6 Å². The van der Waals surface area contributed by atoms with Gasteiger partial charge in [-0.25, -0.2) is 4.39 Å². The molecule has 0 bridgehead atoms. The smallest absolute Gasteiger partial charge is 0.325 e. The zero-order valence-electron chi connectivity index (χ0n) is 8.41. The minimum Gasteiger partial charge on any atom is -0.480 e. The summed E-state index contributed by atoms with van der Waals surface area (Å²) in [5, 5.41) is 11.6. The monoisotopic (exact) mass is 243 g/mol. The minimum atomic E-state index is -1.05. The van der Waals surface area contributed by atoms with Gasteiger partial charge in [-0.3, -0.25) is 10.1 Å². The van der Waals surface area contributed by atoms with E-state index in [0.717, 1.165) is 6.07 Å². The van der Waals surface area contributed by atoms with Crippen LogP contribution in [-0.2, 0) is 4.79 Å². The van der Waals surface area contributed by atoms with Crippen molar-refractivity contribution in [2.45, 2.75) is 6.04 Å². The number of benzene rings is 1. The molecule has 0 saturated carbocycles. The van der Waals surface area contributed by atoms with Crippen LogP contribution in [0.15, 0.2) is 30.9 Å². The van der Waals surface area contributed by atoms with Crippen molar-refractivity contribution in [3.63, 3.8) is 0 Å². The fourth-order valence-electron chi connectivity index (χ4n) is 1.24. The maximum atomic E-state index is 12.9. The third kappa shape index (κ3) is 3.05. The third-order valence-electron chi connectivity index (χ3n) is 1.99. The van der Waals surface area contributed by atoms with E-state index in [-0.39, 0.29) is 5.02 Å². The Labute approximate surface area is 97.5 Å². The number of carbonyl (C=O) groups is 1. The molecule has 1 unspecified atom stereocenters. The van der Waals surface area contributed by atoms with E-state index >= 15 is 0 Å². The van der Waals surface area contributed by atoms with Gasteiger partial charge in [0.2, 0.25) is 0 Å². The number of hydrogen-bond acceptors (Lipinski definition) is 2. The van der Waals surface area contributed by atoms with E-state index in [0.29, 0.717) is 12.1 Å². The second-order valence-electron chi connectivity index (χ2n) is 3.14. The van der Waals surface area contributed by atoms with Gasteiger partial charge in [0.25, 0.3) is 0 Å². The zero-order chi connectivity index (χ0) is 12.1. The molecule has 3 nitrogen and oxygen atoms in total. The highest BCUT2D eigenvalue weighted by molar-refractivity contribution is 6.30. The van der Waals surface area contributed by atoms with Crippen LogP contribution in [0.25, 0.3) is 0 Å². The molecule has 0 saturated heterocycles. The average molecular weight is 244 g/mol. The zero-order valence-corrected chi connectivity index (χ0v) is 9.17. The van der Waals surface area contributed by atoms with Crippen molar-refractivity contribution < 1.29 is 14.3 Å². The van der Waals surface area contributed by atoms with Crippen LogP contribution in [0.2, 0.25) is 5.02 Å². The molecule has 1 aromatic rings. The number of halogens is 2. The summed E-state index contributed by atoms with van der Waals surface area (Å²) < 4.78 is 12.9. The molecule has 16 heavy (non-hydrogen) atoms. The van der Waals surface area contributed by atoms with Crippen molar-refractivity contribution in [1.29, 1.82) is 0 Å². The molecule has 0 amide bonds. The van der Waals surface area contributed by atoms with Gasteiger partial charge in [-0.2, -0.15) is 0 Å². The third-order valence-corrected chi connectivity index (χ3v) is 2.28. The van der Waals surface area contributed by atoms with Gasteiger partial charge in [-0.05, 0) is 17.7 Å². The Morgan fingerprint density at radius 2 is 2.38 bits per heavy atom. The van der Waals surface area contributed by atoms with E-state index in [4.69, 9.17) is 16.7 Å². The number of hydrogen-bond donors (Lipinski definition) is 2. The van der Waals surface area contributed by atoms with Crippen LogP contribution in [0, 0.1) is 5.82 Å². The Morgan fingerprint density at radius 1 is 1.69 bits per heavy atom. The molecule has 86 valence electrons. The van der Waals surface area contributed by atoms with Crippen LogP contribution >= 0.6 is 11.6 Å². The van der Waals surface area contributed by atoms with Gasteiger partial charge in [0.1, 0.15) is 11.9 Å². The fraction of sp³-hybridized carbons (Fsp3) is 0.182. The first kappa shape index (κ1) is 12.7. The number of aliphatic carboxylic acids is 1. The highest BCUT2D eigenvalue weighted by atomic mass is 35.5. The lowest BCUT2D eigenvalue weighted by Crippen LogP contribution is -2.28. The van der Waals surface area contributed by atoms with Crippen LogP contribution in [0.3, 0.4) is 0 Å². The number of nitrogens with one attached hydrogen (secondary N) is 1. The Morgan fingerprint density at radius 3 is 2.88 bits per heavy atom. The summed E-state index contributed by atoms with van der Waals surface area (Å²) >= 11 is 5.58. The quantitative estimate of drug-likeness (QED) is 0.781. The molecule has 1 rings (SSSR count). The van der Waals surface area contributed by atoms with Gasteiger partial charge in [0, 0.05) is 6.54 Å². The van der Waals surface area contributed by atoms with Gasteiger partial charge >= 0.3 is 5.97 Å². The van der Waals surface area contributed by atoms with Gasteiger partial charge in [-0.15, -0.1) is 6.58 Å². The molecule has 0 aromatic heterocycles. The van der Waals surface area contributed by atoms with E-state index in [1.807, 2.05) is 0 Å². The summed E-state index contributed by atoms with van der Waals surface area (Å²) in [6, 6.07) is 2.90. The summed E-state index contributed by atoms with van der Waals surface area (Å²) in [5.74, 6) is -1.62. The Balaban J connectivity index is 2.96. The minimum absolute atomic E-state index is 0.0934. The van der Waals surface area contributed by atoms with Gasteiger partial charge < -0.3 is 5.11 Å². The van der Waals surface area contributed by atoms with Crippen molar-refractivity contribution in [3.05, 3.63) is 47.3 Å². The molecule has 0 aliphatic heterocycles. The van der Waals surface area contributed by atoms with E-state index in [1.165, 1.54) is 12.1 Å². The van der Waals surface area contributed by atoms with E-state index in [2.05, 4.69) is 11.9 Å². The lowest BCUT2D eigenvalue weighted by Gasteiger charge is -2.13. The van der Waals surface area contributed by atoms with Gasteiger partial charge in [0.05, 0.1) is 5.02 Å². The van der Waals surface area contributed by atoms with Crippen molar-refractivity contribution in [3.8, 4) is 0 Å². The molecule has 5 heteroatoms. The first-order valence-electron chi connectivity index (χ1n) is 4.58. The van der Waals surface area contributed by atoms with Crippen LogP contribution in [0.4, 0.5) is 4.39 Å². The van der Waals surface area contributed by atoms with Crippen molar-refractivity contribution in [2.24, 2.45) is 0 Å². The highest BCUT2D eigenvalue weighted by Gasteiger charge is 2.19. The Kier molecular flexibility index (Phi) is 4.46. The normalized spacial score (nSPS) is 12.1. The maximum absolute atomic E-state index is 12.9. The standard InChI is InChI=1S/C11H11ClFNO2/c1-2-5-14-10(11(15)16)7-3-4-9(13)8(12)6-7/h2-4,6,10,14H,1,5H2,(H,15,16). The molecule has 0 aliphatic rings. The van der Waals surface area contributed by atoms with Crippen molar-refractivity contribution in [2.75, 3.05) is 6.54 Å². The summed E-state index contributed by atoms with van der Waals surface area (Å²) in [6.45, 7) is 3.82. The molecule has 0 spiro atoms. The maximum Gasteiger partial charge on any atom is 0.325 e. The molecule has 2 N–H and O–H groups in total. The molecule has 1 aromatic carbocycles. The fourth-order valence-corrected chi connectivity index (χ4v) is 1.43. The molecular weight excluding hydrogens is 233 g/mol. The second-order valence-corrected chi connectivity index (χ2v) is 3.55. The van der Waals surface area contributed by atoms with Gasteiger partial charge in [0.15, 0.2) is 0 Å². The lowest BCUT2D eigenvalue weighted by molar-refractivity contribution is -0.139. The Bertz CT molecular complexity index is 409. The summed E-state index contributed by atoms with van der Waals surface area (Å²) in [6.07, 6.45) is 1.54. The Hall–Kier alpha value is -1.39. The van der Waals surface area contributed by atoms with Crippen LogP contribution < -0.4 is 5.32 Å². The first-order valence-corrected chi connectivity index (χ1v) is 4.96. The second kappa shape index (κ2) is 5.63. The van der Waals surface area contributed by atoms with Crippen molar-refractivity contribution in [1.82, 2.24) is 5.32 Å². The predicted molar refractivity (Wildman–Crippen MR) is 60.0 cm³/mol. The number of carboxylic acids is 1. The van der Waals surface area contributed by atoms with Crippen LogP contribution in [0.5, 0.6) is 0 Å². The SMILES string of the molecule is C=CCNC(C(=O)O)c1ccc(F)c(Cl)c1. The number of carboxylic acid groups (broad SMARTS) is 1. The highest BCUT2D eigenvalue weighted by Crippen LogP contribution is 2.21. The van der Waals surface area contributed by atoms with E-state index in [1.54, 1.807) is 6.08 Å². The summed E-state index contributed by atoms with van der Waals surface area (Å²) in [7, 11) is 0. The number of rotatable bonds is 5. The summed E-state index contributed by atoms with van der Waals surface area (Å²) in [5.41, 5.74) is 0.403. The van der Waals surface area contributed by atoms with Crippen molar-refractivity contribution >= 4 is 17.6 Å². The average Bonchev–Trinajstić information content (AvgIpc) is 2.23. The molecule has 0 radical (unpaired) electrons. The molecule has 0 aliphatic carbocycles. The lowest BCUT2D eigenvalue weighted by atomic mass is 10.1. The predicted octanol–water partition coefficient (Wildman–Crippen LogP) is 2.38. The molecular formula is C11H11ClFNO2. The topological polar surface area (TPSA) is 49.3 Å². The van der Waals surface area contributed by atoms with Crippen LogP contribution in [-0.4, -0.2) is 17.6 Å². The first-order chi connectivity index (χ1) is 7.56. The summed E-state index contributed by atoms with van der Waals surface area (Å²) in [4.78, 5) is 11.0. The van der Waals surface area contributed by atoms with Gasteiger partial charge in [-0.1, -0.05) is 23.7 Å². The molecule has 0 fully saturated rings. The molecule has 1 atom stereocenters. The van der Waals surface area contributed by atoms with E-state index in [9.17, 15) is 9.18 Å². The largest absolute Gasteiger partial charge is 0.480 e. The van der Waals surface area contributed by atoms with E-state index < -0.39 is 17.8 Å².